The van der Waals surface area contributed by atoms with E-state index in [4.69, 9.17) is 4.74 Å². The zero-order valence-corrected chi connectivity index (χ0v) is 13.8. The van der Waals surface area contributed by atoms with Gasteiger partial charge in [-0.15, -0.1) is 0 Å². The highest BCUT2D eigenvalue weighted by atomic mass is 79.9. The van der Waals surface area contributed by atoms with Crippen LogP contribution in [-0.2, 0) is 14.6 Å². The summed E-state index contributed by atoms with van der Waals surface area (Å²) in [6.07, 6.45) is 0. The molecule has 1 heterocycles. The predicted molar refractivity (Wildman–Crippen MR) is 84.1 cm³/mol. The minimum atomic E-state index is -3.28. The fourth-order valence-electron chi connectivity index (χ4n) is 2.22. The van der Waals surface area contributed by atoms with Crippen molar-refractivity contribution in [3.63, 3.8) is 0 Å². The Hall–Kier alpha value is -0.850. The number of halogens is 1. The van der Waals surface area contributed by atoms with Crippen molar-refractivity contribution in [3.8, 4) is 0 Å². The van der Waals surface area contributed by atoms with Gasteiger partial charge in [-0.2, -0.15) is 0 Å². The quantitative estimate of drug-likeness (QED) is 0.774. The first-order valence-electron chi connectivity index (χ1n) is 6.44. The lowest BCUT2D eigenvalue weighted by Crippen LogP contribution is -2.36. The van der Waals surface area contributed by atoms with Gasteiger partial charge in [0.1, 0.15) is 4.66 Å². The van der Waals surface area contributed by atoms with Gasteiger partial charge in [0.2, 0.25) is 0 Å². The van der Waals surface area contributed by atoms with E-state index in [9.17, 15) is 8.42 Å². The van der Waals surface area contributed by atoms with E-state index in [2.05, 4.69) is 20.8 Å². The Morgan fingerprint density at radius 2 is 1.85 bits per heavy atom. The number of hydrogen-bond donors (Lipinski definition) is 0. The predicted octanol–water partition coefficient (Wildman–Crippen LogP) is 2.47. The number of ether oxygens (including phenoxy) is 1. The smallest absolute Gasteiger partial charge is 0.186 e. The first kappa shape index (κ1) is 15.5. The Morgan fingerprint density at radius 3 is 2.40 bits per heavy atom. The molecule has 1 fully saturated rings. The van der Waals surface area contributed by atoms with Crippen LogP contribution in [0.1, 0.15) is 12.5 Å². The van der Waals surface area contributed by atoms with Crippen molar-refractivity contribution in [3.05, 3.63) is 40.8 Å². The van der Waals surface area contributed by atoms with Gasteiger partial charge in [-0.05, 0) is 12.5 Å². The molecule has 0 amide bonds. The number of allylic oxidation sites excluding steroid dienone is 1. The summed E-state index contributed by atoms with van der Waals surface area (Å²) in [5, 5.41) is 0. The van der Waals surface area contributed by atoms with Crippen molar-refractivity contribution < 1.29 is 13.2 Å². The van der Waals surface area contributed by atoms with Gasteiger partial charge in [-0.3, -0.25) is 0 Å². The van der Waals surface area contributed by atoms with Crippen molar-refractivity contribution >= 4 is 31.5 Å². The normalized spacial score (nSPS) is 17.8. The number of hydrogen-bond acceptors (Lipinski definition) is 4. The summed E-state index contributed by atoms with van der Waals surface area (Å²) in [6.45, 7) is 4.34. The average Bonchev–Trinajstić information content (AvgIpc) is 2.49. The van der Waals surface area contributed by atoms with Gasteiger partial charge in [0.15, 0.2) is 9.84 Å². The highest BCUT2D eigenvalue weighted by molar-refractivity contribution is 9.10. The number of benzene rings is 1. The Labute approximate surface area is 128 Å². The number of sulfone groups is 1. The van der Waals surface area contributed by atoms with Crippen LogP contribution in [0.5, 0.6) is 0 Å². The van der Waals surface area contributed by atoms with Gasteiger partial charge < -0.3 is 9.64 Å². The van der Waals surface area contributed by atoms with Crippen molar-refractivity contribution in [2.24, 2.45) is 0 Å². The Morgan fingerprint density at radius 1 is 1.25 bits per heavy atom. The summed E-state index contributed by atoms with van der Waals surface area (Å²) >= 11 is 3.07. The van der Waals surface area contributed by atoms with E-state index in [0.29, 0.717) is 31.2 Å². The highest BCUT2D eigenvalue weighted by Gasteiger charge is 2.23. The SMILES string of the molecule is C/C(=C(/c1ccccc1)N1CCOCC1)S(=O)(=O)CBr. The Bertz CT molecular complexity index is 578. The summed E-state index contributed by atoms with van der Waals surface area (Å²) in [5.41, 5.74) is 1.71. The lowest BCUT2D eigenvalue weighted by Gasteiger charge is -2.32. The molecule has 1 aliphatic rings. The molecule has 0 aromatic heterocycles. The standard InChI is InChI=1S/C14H18BrNO3S/c1-12(20(17,18)11-15)14(13-5-3-2-4-6-13)16-7-9-19-10-8-16/h2-6H,7-11H2,1H3/b14-12+. The van der Waals surface area contributed by atoms with E-state index in [1.807, 2.05) is 30.3 Å². The van der Waals surface area contributed by atoms with Gasteiger partial charge in [-0.1, -0.05) is 46.3 Å². The molecule has 0 N–H and O–H groups in total. The first-order chi connectivity index (χ1) is 9.56. The van der Waals surface area contributed by atoms with E-state index in [-0.39, 0.29) is 4.66 Å². The van der Waals surface area contributed by atoms with E-state index >= 15 is 0 Å². The summed E-state index contributed by atoms with van der Waals surface area (Å²) in [6, 6.07) is 9.65. The van der Waals surface area contributed by atoms with Crippen LogP contribution in [0, 0.1) is 0 Å². The minimum absolute atomic E-state index is 0.0630. The lowest BCUT2D eigenvalue weighted by atomic mass is 10.1. The Balaban J connectivity index is 2.52. The van der Waals surface area contributed by atoms with Crippen LogP contribution in [0.25, 0.3) is 5.70 Å². The first-order valence-corrected chi connectivity index (χ1v) is 9.21. The molecular weight excluding hydrogens is 342 g/mol. The number of alkyl halides is 1. The third kappa shape index (κ3) is 3.42. The second-order valence-corrected chi connectivity index (χ2v) is 8.03. The second-order valence-electron chi connectivity index (χ2n) is 4.59. The minimum Gasteiger partial charge on any atom is -0.378 e. The molecule has 0 bridgehead atoms. The van der Waals surface area contributed by atoms with Crippen molar-refractivity contribution in [2.45, 2.75) is 6.92 Å². The molecule has 0 unspecified atom stereocenters. The molecule has 1 aromatic carbocycles. The van der Waals surface area contributed by atoms with Crippen LogP contribution >= 0.6 is 15.9 Å². The number of morpholine rings is 1. The van der Waals surface area contributed by atoms with E-state index in [1.165, 1.54) is 0 Å². The third-order valence-electron chi connectivity index (χ3n) is 3.32. The van der Waals surface area contributed by atoms with Crippen LogP contribution in [0.15, 0.2) is 35.2 Å². The Kier molecular flexibility index (Phi) is 5.23. The maximum atomic E-state index is 12.2. The average molecular weight is 360 g/mol. The summed E-state index contributed by atoms with van der Waals surface area (Å²) < 4.78 is 29.7. The molecule has 0 aliphatic carbocycles. The molecule has 110 valence electrons. The van der Waals surface area contributed by atoms with Crippen molar-refractivity contribution in [1.82, 2.24) is 4.90 Å². The molecule has 0 atom stereocenters. The summed E-state index contributed by atoms with van der Waals surface area (Å²) in [7, 11) is -3.28. The van der Waals surface area contributed by atoms with E-state index in [0.717, 1.165) is 11.3 Å². The molecule has 6 heteroatoms. The molecule has 1 aromatic rings. The van der Waals surface area contributed by atoms with Crippen LogP contribution < -0.4 is 0 Å². The fourth-order valence-corrected chi connectivity index (χ4v) is 3.96. The van der Waals surface area contributed by atoms with Gasteiger partial charge in [-0.25, -0.2) is 8.42 Å². The maximum Gasteiger partial charge on any atom is 0.186 e. The van der Waals surface area contributed by atoms with Crippen LogP contribution in [-0.4, -0.2) is 44.3 Å². The van der Waals surface area contributed by atoms with Crippen molar-refractivity contribution in [1.29, 1.82) is 0 Å². The zero-order valence-electron chi connectivity index (χ0n) is 11.4. The van der Waals surface area contributed by atoms with Crippen molar-refractivity contribution in [2.75, 3.05) is 31.0 Å². The molecule has 0 spiro atoms. The molecule has 1 saturated heterocycles. The van der Waals surface area contributed by atoms with Crippen LogP contribution in [0.4, 0.5) is 0 Å². The number of rotatable bonds is 4. The van der Waals surface area contributed by atoms with Crippen LogP contribution in [0.3, 0.4) is 0 Å². The highest BCUT2D eigenvalue weighted by Crippen LogP contribution is 2.27. The lowest BCUT2D eigenvalue weighted by molar-refractivity contribution is 0.0638. The van der Waals surface area contributed by atoms with Gasteiger partial charge in [0.05, 0.1) is 23.8 Å². The summed E-state index contributed by atoms with van der Waals surface area (Å²) in [5.74, 6) is 0. The summed E-state index contributed by atoms with van der Waals surface area (Å²) in [4.78, 5) is 2.50. The third-order valence-corrected chi connectivity index (χ3v) is 6.54. The molecule has 0 saturated carbocycles. The zero-order chi connectivity index (χ0) is 14.6. The maximum absolute atomic E-state index is 12.2. The molecular formula is C14H18BrNO3S. The van der Waals surface area contributed by atoms with Gasteiger partial charge in [0, 0.05) is 13.1 Å². The largest absolute Gasteiger partial charge is 0.378 e. The van der Waals surface area contributed by atoms with Gasteiger partial charge in [0.25, 0.3) is 0 Å². The number of nitrogens with zero attached hydrogens (tertiary/aromatic N) is 1. The monoisotopic (exact) mass is 359 g/mol. The molecule has 4 nitrogen and oxygen atoms in total. The van der Waals surface area contributed by atoms with Crippen LogP contribution in [0.2, 0.25) is 0 Å². The topological polar surface area (TPSA) is 46.6 Å². The molecule has 2 rings (SSSR count). The molecule has 1 aliphatic heterocycles. The fraction of sp³-hybridized carbons (Fsp3) is 0.429. The van der Waals surface area contributed by atoms with E-state index < -0.39 is 9.84 Å². The van der Waals surface area contributed by atoms with Gasteiger partial charge >= 0.3 is 0 Å². The van der Waals surface area contributed by atoms with E-state index in [1.54, 1.807) is 6.92 Å². The molecule has 0 radical (unpaired) electrons. The molecule has 20 heavy (non-hydrogen) atoms. The second kappa shape index (κ2) is 6.74.